The summed E-state index contributed by atoms with van der Waals surface area (Å²) in [5, 5.41) is 7.91. The molecule has 13 rings (SSSR count). The Hall–Kier alpha value is -8.28. The number of hydrogen-bond donors (Lipinski definition) is 0. The lowest BCUT2D eigenvalue weighted by Gasteiger charge is -2.14. The molecule has 9 aromatic carbocycles. The second kappa shape index (κ2) is 13.1. The van der Waals surface area contributed by atoms with Crippen LogP contribution >= 0.6 is 0 Å². The van der Waals surface area contributed by atoms with Crippen molar-refractivity contribution < 1.29 is 4.42 Å². The van der Waals surface area contributed by atoms with Gasteiger partial charge in [-0.15, -0.1) is 0 Å². The predicted octanol–water partition coefficient (Wildman–Crippen LogP) is 14.7. The molecule has 284 valence electrons. The van der Waals surface area contributed by atoms with Gasteiger partial charge in [-0.05, 0) is 71.8 Å². The van der Waals surface area contributed by atoms with E-state index in [4.69, 9.17) is 14.4 Å². The summed E-state index contributed by atoms with van der Waals surface area (Å²) in [7, 11) is 0. The maximum absolute atomic E-state index is 6.84. The van der Waals surface area contributed by atoms with Gasteiger partial charge < -0.3 is 13.6 Å². The number of hydrogen-bond acceptors (Lipinski definition) is 3. The standard InChI is InChI=1S/C56H34N4O/c1-3-13-35(14-4-1)36-23-27-39(28-24-36)59-49-21-11-8-17-41(49)43-31-32-44-45-33-34-46-42-18-9-12-22-50(42)61-55(46)54(45)60(53(44)52(43)59)40-29-25-38(26-30-40)56-57-48-20-10-7-19-47(48)51(58-56)37-15-5-2-6-16-37/h1-34H. The van der Waals surface area contributed by atoms with E-state index in [0.29, 0.717) is 5.82 Å². The fraction of sp³-hybridized carbons (Fsp3) is 0. The summed E-state index contributed by atoms with van der Waals surface area (Å²) in [6.45, 7) is 0. The molecule has 4 aromatic heterocycles. The molecule has 0 aliphatic rings. The van der Waals surface area contributed by atoms with Gasteiger partial charge in [0.15, 0.2) is 11.4 Å². The Kier molecular flexibility index (Phi) is 7.24. The van der Waals surface area contributed by atoms with Crippen LogP contribution in [0.4, 0.5) is 0 Å². The van der Waals surface area contributed by atoms with E-state index in [1.807, 2.05) is 24.3 Å². The molecule has 0 amide bonds. The van der Waals surface area contributed by atoms with Crippen LogP contribution in [0.5, 0.6) is 0 Å². The fourth-order valence-corrected chi connectivity index (χ4v) is 9.55. The van der Waals surface area contributed by atoms with Crippen molar-refractivity contribution in [2.45, 2.75) is 0 Å². The number of aromatic nitrogens is 4. The highest BCUT2D eigenvalue weighted by Gasteiger charge is 2.24. The fourth-order valence-electron chi connectivity index (χ4n) is 9.55. The third-order valence-corrected chi connectivity index (χ3v) is 12.3. The lowest BCUT2D eigenvalue weighted by atomic mass is 10.1. The number of fused-ring (bicyclic) bond motifs is 12. The zero-order valence-corrected chi connectivity index (χ0v) is 32.8. The monoisotopic (exact) mass is 778 g/mol. The Morgan fingerprint density at radius 2 is 0.852 bits per heavy atom. The SMILES string of the molecule is c1ccc(-c2ccc(-n3c4ccccc4c4ccc5c6ccc7c8ccccc8oc7c6n(-c6ccc(-c7nc(-c8ccccc8)c8ccccc8n7)cc6)c5c43)cc2)cc1. The first-order chi connectivity index (χ1) is 30.3. The van der Waals surface area contributed by atoms with Crippen LogP contribution in [-0.4, -0.2) is 19.1 Å². The molecule has 0 spiro atoms. The van der Waals surface area contributed by atoms with Crippen molar-refractivity contribution in [3.63, 3.8) is 0 Å². The van der Waals surface area contributed by atoms with E-state index in [2.05, 4.69) is 191 Å². The van der Waals surface area contributed by atoms with Gasteiger partial charge in [0.05, 0.1) is 33.3 Å². The van der Waals surface area contributed by atoms with E-state index in [0.717, 1.165) is 93.9 Å². The minimum Gasteiger partial charge on any atom is -0.454 e. The Bertz CT molecular complexity index is 3840. The maximum Gasteiger partial charge on any atom is 0.160 e. The van der Waals surface area contributed by atoms with Gasteiger partial charge in [0, 0.05) is 60.2 Å². The number of rotatable bonds is 5. The predicted molar refractivity (Wildman–Crippen MR) is 252 cm³/mol. The summed E-state index contributed by atoms with van der Waals surface area (Å²) < 4.78 is 11.7. The number of para-hydroxylation sites is 3. The third-order valence-electron chi connectivity index (χ3n) is 12.3. The first-order valence-corrected chi connectivity index (χ1v) is 20.7. The van der Waals surface area contributed by atoms with Crippen molar-refractivity contribution in [2.24, 2.45) is 0 Å². The molecule has 0 unspecified atom stereocenters. The molecular formula is C56H34N4O. The van der Waals surface area contributed by atoms with Gasteiger partial charge in [-0.25, -0.2) is 9.97 Å². The van der Waals surface area contributed by atoms with Crippen LogP contribution in [-0.2, 0) is 0 Å². The van der Waals surface area contributed by atoms with E-state index >= 15 is 0 Å². The van der Waals surface area contributed by atoms with Crippen molar-refractivity contribution >= 4 is 76.5 Å². The molecule has 0 aliphatic carbocycles. The summed E-state index contributed by atoms with van der Waals surface area (Å²) >= 11 is 0. The van der Waals surface area contributed by atoms with E-state index < -0.39 is 0 Å². The van der Waals surface area contributed by atoms with Gasteiger partial charge in [-0.1, -0.05) is 146 Å². The van der Waals surface area contributed by atoms with Crippen molar-refractivity contribution in [3.8, 4) is 45.1 Å². The summed E-state index contributed by atoms with van der Waals surface area (Å²) in [5.41, 5.74) is 14.5. The van der Waals surface area contributed by atoms with Gasteiger partial charge in [0.25, 0.3) is 0 Å². The molecule has 0 aliphatic heterocycles. The molecule has 0 bridgehead atoms. The molecule has 13 aromatic rings. The average Bonchev–Trinajstić information content (AvgIpc) is 4.00. The Morgan fingerprint density at radius 1 is 0.328 bits per heavy atom. The molecule has 61 heavy (non-hydrogen) atoms. The Labute approximate surface area is 350 Å². The second-order valence-corrected chi connectivity index (χ2v) is 15.7. The normalized spacial score (nSPS) is 11.9. The third kappa shape index (κ3) is 5.08. The van der Waals surface area contributed by atoms with Gasteiger partial charge in [-0.3, -0.25) is 0 Å². The molecule has 5 heteroatoms. The summed E-state index contributed by atoms with van der Waals surface area (Å²) in [6.07, 6.45) is 0. The maximum atomic E-state index is 6.84. The Morgan fingerprint density at radius 3 is 1.61 bits per heavy atom. The smallest absolute Gasteiger partial charge is 0.160 e. The summed E-state index contributed by atoms with van der Waals surface area (Å²) in [6, 6.07) is 73.1. The van der Waals surface area contributed by atoms with Crippen LogP contribution in [0.15, 0.2) is 211 Å². The van der Waals surface area contributed by atoms with Gasteiger partial charge in [0.1, 0.15) is 5.58 Å². The summed E-state index contributed by atoms with van der Waals surface area (Å²) in [4.78, 5) is 10.3. The van der Waals surface area contributed by atoms with Crippen molar-refractivity contribution in [2.75, 3.05) is 0 Å². The molecule has 4 heterocycles. The van der Waals surface area contributed by atoms with Crippen molar-refractivity contribution in [1.82, 2.24) is 19.1 Å². The molecule has 0 saturated heterocycles. The highest BCUT2D eigenvalue weighted by molar-refractivity contribution is 6.27. The minimum absolute atomic E-state index is 0.687. The van der Waals surface area contributed by atoms with Crippen LogP contribution in [0.2, 0.25) is 0 Å². The largest absolute Gasteiger partial charge is 0.454 e. The van der Waals surface area contributed by atoms with Crippen LogP contribution in [0.3, 0.4) is 0 Å². The van der Waals surface area contributed by atoms with Gasteiger partial charge >= 0.3 is 0 Å². The topological polar surface area (TPSA) is 48.8 Å². The molecule has 0 saturated carbocycles. The molecule has 0 radical (unpaired) electrons. The molecular weight excluding hydrogens is 745 g/mol. The van der Waals surface area contributed by atoms with Gasteiger partial charge in [-0.2, -0.15) is 0 Å². The highest BCUT2D eigenvalue weighted by atomic mass is 16.3. The molecule has 0 fully saturated rings. The number of benzene rings is 9. The molecule has 0 N–H and O–H groups in total. The van der Waals surface area contributed by atoms with Gasteiger partial charge in [0.2, 0.25) is 0 Å². The molecule has 0 atom stereocenters. The first-order valence-electron chi connectivity index (χ1n) is 20.7. The second-order valence-electron chi connectivity index (χ2n) is 15.7. The average molecular weight is 779 g/mol. The molecule has 5 nitrogen and oxygen atoms in total. The van der Waals surface area contributed by atoms with Crippen LogP contribution in [0.1, 0.15) is 0 Å². The quantitative estimate of drug-likeness (QED) is 0.175. The number of furan rings is 1. The number of nitrogens with zero attached hydrogens (tertiary/aromatic N) is 4. The zero-order chi connectivity index (χ0) is 40.0. The van der Waals surface area contributed by atoms with Crippen molar-refractivity contribution in [1.29, 1.82) is 0 Å². The van der Waals surface area contributed by atoms with E-state index in [9.17, 15) is 0 Å². The summed E-state index contributed by atoms with van der Waals surface area (Å²) in [5.74, 6) is 0.687. The van der Waals surface area contributed by atoms with Crippen LogP contribution in [0, 0.1) is 0 Å². The van der Waals surface area contributed by atoms with E-state index in [-0.39, 0.29) is 0 Å². The van der Waals surface area contributed by atoms with E-state index in [1.54, 1.807) is 0 Å². The van der Waals surface area contributed by atoms with E-state index in [1.165, 1.54) is 21.9 Å². The van der Waals surface area contributed by atoms with Crippen LogP contribution < -0.4 is 0 Å². The van der Waals surface area contributed by atoms with Crippen molar-refractivity contribution in [3.05, 3.63) is 206 Å². The first kappa shape index (κ1) is 33.7. The lowest BCUT2D eigenvalue weighted by Crippen LogP contribution is -1.99. The Balaban J connectivity index is 1.10. The zero-order valence-electron chi connectivity index (χ0n) is 32.8. The van der Waals surface area contributed by atoms with Crippen LogP contribution in [0.25, 0.3) is 122 Å². The highest BCUT2D eigenvalue weighted by Crippen LogP contribution is 2.45. The lowest BCUT2D eigenvalue weighted by molar-refractivity contribution is 0.671. The minimum atomic E-state index is 0.687.